The molecule has 3 nitrogen and oxygen atoms in total. The van der Waals surface area contributed by atoms with Crippen LogP contribution in [0, 0.1) is 11.3 Å². The molecule has 17 heavy (non-hydrogen) atoms. The Bertz CT molecular complexity index is 600. The second-order valence-electron chi connectivity index (χ2n) is 3.37. The van der Waals surface area contributed by atoms with E-state index in [0.717, 1.165) is 0 Å². The number of benzene rings is 1. The molecule has 0 bridgehead atoms. The van der Waals surface area contributed by atoms with Gasteiger partial charge in [-0.1, -0.05) is 11.6 Å². The van der Waals surface area contributed by atoms with Crippen molar-refractivity contribution >= 4 is 17.4 Å². The zero-order valence-corrected chi connectivity index (χ0v) is 9.48. The van der Waals surface area contributed by atoms with Gasteiger partial charge in [0.1, 0.15) is 0 Å². The van der Waals surface area contributed by atoms with E-state index in [-0.39, 0.29) is 5.78 Å². The number of rotatable bonds is 2. The Kier molecular flexibility index (Phi) is 3.17. The lowest BCUT2D eigenvalue weighted by Crippen LogP contribution is -2.02. The molecule has 0 N–H and O–H groups in total. The first kappa shape index (κ1) is 11.3. The van der Waals surface area contributed by atoms with E-state index in [1.165, 1.54) is 12.4 Å². The van der Waals surface area contributed by atoms with Crippen LogP contribution in [0.5, 0.6) is 0 Å². The van der Waals surface area contributed by atoms with Gasteiger partial charge in [-0.3, -0.25) is 9.78 Å². The van der Waals surface area contributed by atoms with Crippen molar-refractivity contribution in [2.75, 3.05) is 0 Å². The van der Waals surface area contributed by atoms with Crippen LogP contribution in [0.2, 0.25) is 5.02 Å². The zero-order valence-electron chi connectivity index (χ0n) is 8.72. The van der Waals surface area contributed by atoms with Crippen molar-refractivity contribution in [3.63, 3.8) is 0 Å². The van der Waals surface area contributed by atoms with E-state index in [4.69, 9.17) is 16.9 Å². The minimum absolute atomic E-state index is 0.179. The van der Waals surface area contributed by atoms with Crippen LogP contribution in [-0.2, 0) is 0 Å². The summed E-state index contributed by atoms with van der Waals surface area (Å²) in [6.07, 6.45) is 2.95. The molecule has 2 rings (SSSR count). The van der Waals surface area contributed by atoms with Gasteiger partial charge in [-0.2, -0.15) is 5.26 Å². The number of hydrogen-bond donors (Lipinski definition) is 0. The number of aromatic nitrogens is 1. The highest BCUT2D eigenvalue weighted by Crippen LogP contribution is 2.18. The summed E-state index contributed by atoms with van der Waals surface area (Å²) in [6, 6.07) is 9.99. The number of ketones is 1. The van der Waals surface area contributed by atoms with Crippen LogP contribution in [0.15, 0.2) is 42.7 Å². The Balaban J connectivity index is 2.38. The highest BCUT2D eigenvalue weighted by atomic mass is 35.5. The number of halogens is 1. The van der Waals surface area contributed by atoms with E-state index in [2.05, 4.69) is 4.98 Å². The van der Waals surface area contributed by atoms with Gasteiger partial charge < -0.3 is 0 Å². The van der Waals surface area contributed by atoms with Gasteiger partial charge in [-0.05, 0) is 30.3 Å². The maximum absolute atomic E-state index is 12.1. The van der Waals surface area contributed by atoms with Crippen molar-refractivity contribution in [2.24, 2.45) is 0 Å². The molecule has 0 saturated heterocycles. The summed E-state index contributed by atoms with van der Waals surface area (Å²) < 4.78 is 0. The van der Waals surface area contributed by atoms with Crippen molar-refractivity contribution in [1.29, 1.82) is 5.26 Å². The zero-order chi connectivity index (χ0) is 12.3. The lowest BCUT2D eigenvalue weighted by atomic mass is 10.0. The van der Waals surface area contributed by atoms with Crippen LogP contribution >= 0.6 is 11.6 Å². The molecule has 0 radical (unpaired) electrons. The number of nitrogens with zero attached hydrogens (tertiary/aromatic N) is 2. The normalized spacial score (nSPS) is 9.65. The van der Waals surface area contributed by atoms with Crippen LogP contribution in [0.4, 0.5) is 0 Å². The first-order valence-corrected chi connectivity index (χ1v) is 5.24. The van der Waals surface area contributed by atoms with Crippen molar-refractivity contribution in [3.8, 4) is 6.07 Å². The molecule has 1 aromatic heterocycles. The molecule has 0 aliphatic rings. The minimum atomic E-state index is -0.179. The van der Waals surface area contributed by atoms with E-state index in [0.29, 0.717) is 21.7 Å². The number of hydrogen-bond acceptors (Lipinski definition) is 3. The van der Waals surface area contributed by atoms with E-state index in [9.17, 15) is 4.79 Å². The lowest BCUT2D eigenvalue weighted by molar-refractivity contribution is 0.103. The fourth-order valence-electron chi connectivity index (χ4n) is 1.41. The fraction of sp³-hybridized carbons (Fsp3) is 0. The van der Waals surface area contributed by atoms with Crippen molar-refractivity contribution in [3.05, 3.63) is 64.4 Å². The topological polar surface area (TPSA) is 53.8 Å². The quantitative estimate of drug-likeness (QED) is 0.761. The number of carbonyl (C=O) groups is 1. The third-order valence-electron chi connectivity index (χ3n) is 2.29. The van der Waals surface area contributed by atoms with Crippen LogP contribution in [0.25, 0.3) is 0 Å². The van der Waals surface area contributed by atoms with Gasteiger partial charge >= 0.3 is 0 Å². The maximum Gasteiger partial charge on any atom is 0.194 e. The van der Waals surface area contributed by atoms with Crippen LogP contribution < -0.4 is 0 Å². The molecular formula is C13H7ClN2O. The number of nitriles is 1. The molecule has 0 spiro atoms. The Labute approximate surface area is 103 Å². The van der Waals surface area contributed by atoms with Crippen molar-refractivity contribution < 1.29 is 4.79 Å². The first-order chi connectivity index (χ1) is 8.22. The molecule has 1 aromatic carbocycles. The molecule has 0 saturated carbocycles. The molecule has 0 atom stereocenters. The maximum atomic E-state index is 12.1. The average molecular weight is 243 g/mol. The Morgan fingerprint density at radius 3 is 2.53 bits per heavy atom. The SMILES string of the molecule is N#Cc1ccc(C(=O)c2ccncc2Cl)cc1. The van der Waals surface area contributed by atoms with Gasteiger partial charge in [0, 0.05) is 23.5 Å². The molecule has 0 aliphatic carbocycles. The largest absolute Gasteiger partial charge is 0.289 e. The van der Waals surface area contributed by atoms with Gasteiger partial charge in [0.25, 0.3) is 0 Å². The van der Waals surface area contributed by atoms with E-state index >= 15 is 0 Å². The fourth-order valence-corrected chi connectivity index (χ4v) is 1.62. The molecule has 0 fully saturated rings. The number of pyridine rings is 1. The summed E-state index contributed by atoms with van der Waals surface area (Å²) in [5, 5.41) is 8.99. The molecule has 4 heteroatoms. The number of carbonyl (C=O) groups excluding carboxylic acids is 1. The lowest BCUT2D eigenvalue weighted by Gasteiger charge is -2.02. The Morgan fingerprint density at radius 1 is 1.24 bits per heavy atom. The van der Waals surface area contributed by atoms with Crippen molar-refractivity contribution in [1.82, 2.24) is 4.98 Å². The standard InChI is InChI=1S/C13H7ClN2O/c14-12-8-16-6-5-11(12)13(17)10-3-1-9(7-15)2-4-10/h1-6,8H. The predicted octanol–water partition coefficient (Wildman–Crippen LogP) is 2.84. The highest BCUT2D eigenvalue weighted by molar-refractivity contribution is 6.34. The molecular weight excluding hydrogens is 236 g/mol. The monoisotopic (exact) mass is 242 g/mol. The van der Waals surface area contributed by atoms with Gasteiger partial charge in [0.05, 0.1) is 16.7 Å². The van der Waals surface area contributed by atoms with E-state index in [1.807, 2.05) is 6.07 Å². The molecule has 1 heterocycles. The Morgan fingerprint density at radius 2 is 1.94 bits per heavy atom. The predicted molar refractivity (Wildman–Crippen MR) is 63.8 cm³/mol. The third-order valence-corrected chi connectivity index (χ3v) is 2.59. The Hall–Kier alpha value is -2.18. The van der Waals surface area contributed by atoms with E-state index in [1.54, 1.807) is 30.3 Å². The summed E-state index contributed by atoms with van der Waals surface area (Å²) in [4.78, 5) is 15.9. The summed E-state index contributed by atoms with van der Waals surface area (Å²) in [5.41, 5.74) is 1.42. The van der Waals surface area contributed by atoms with Gasteiger partial charge in [-0.15, -0.1) is 0 Å². The van der Waals surface area contributed by atoms with Crippen molar-refractivity contribution in [2.45, 2.75) is 0 Å². The molecule has 82 valence electrons. The van der Waals surface area contributed by atoms with Gasteiger partial charge in [0.15, 0.2) is 5.78 Å². The molecule has 2 aromatic rings. The summed E-state index contributed by atoms with van der Waals surface area (Å²) in [5.74, 6) is -0.179. The molecule has 0 unspecified atom stereocenters. The highest BCUT2D eigenvalue weighted by Gasteiger charge is 2.12. The second-order valence-corrected chi connectivity index (χ2v) is 3.78. The average Bonchev–Trinajstić information content (AvgIpc) is 2.39. The van der Waals surface area contributed by atoms with Gasteiger partial charge in [-0.25, -0.2) is 0 Å². The van der Waals surface area contributed by atoms with Gasteiger partial charge in [0.2, 0.25) is 0 Å². The second kappa shape index (κ2) is 4.77. The van der Waals surface area contributed by atoms with Crippen LogP contribution in [0.1, 0.15) is 21.5 Å². The third kappa shape index (κ3) is 2.32. The van der Waals surface area contributed by atoms with Crippen LogP contribution in [0.3, 0.4) is 0 Å². The molecule has 0 amide bonds. The summed E-state index contributed by atoms with van der Waals surface area (Å²) in [7, 11) is 0. The summed E-state index contributed by atoms with van der Waals surface area (Å²) in [6.45, 7) is 0. The summed E-state index contributed by atoms with van der Waals surface area (Å²) >= 11 is 5.89. The smallest absolute Gasteiger partial charge is 0.194 e. The van der Waals surface area contributed by atoms with Crippen LogP contribution in [-0.4, -0.2) is 10.8 Å². The minimum Gasteiger partial charge on any atom is -0.289 e. The van der Waals surface area contributed by atoms with E-state index < -0.39 is 0 Å². The first-order valence-electron chi connectivity index (χ1n) is 4.87. The molecule has 0 aliphatic heterocycles.